The summed E-state index contributed by atoms with van der Waals surface area (Å²) in [6.07, 6.45) is 1.88. The number of piperidine rings is 1. The van der Waals surface area contributed by atoms with Gasteiger partial charge in [-0.25, -0.2) is 9.67 Å². The topological polar surface area (TPSA) is 93.3 Å². The second-order valence-electron chi connectivity index (χ2n) is 6.37. The number of rotatable bonds is 4. The van der Waals surface area contributed by atoms with Gasteiger partial charge in [0.15, 0.2) is 5.76 Å². The molecule has 1 aliphatic heterocycles. The molecule has 0 aromatic carbocycles. The summed E-state index contributed by atoms with van der Waals surface area (Å²) in [5, 5.41) is 7.10. The lowest BCUT2D eigenvalue weighted by Gasteiger charge is -2.32. The summed E-state index contributed by atoms with van der Waals surface area (Å²) in [5.41, 5.74) is 0. The Labute approximate surface area is 146 Å². The number of aryl methyl sites for hydroxylation is 2. The molecule has 1 saturated heterocycles. The number of aromatic nitrogens is 3. The van der Waals surface area contributed by atoms with E-state index in [1.807, 2.05) is 18.5 Å². The number of nitrogens with one attached hydrogen (secondary N) is 1. The van der Waals surface area contributed by atoms with Gasteiger partial charge in [-0.15, -0.1) is 0 Å². The fraction of sp³-hybridized carbons (Fsp3) is 0.529. The molecule has 2 aromatic rings. The standard InChI is InChI=1S/C17H23N5O3/c1-11-19-12(2)22(20-11)14-5-4-8-21(10-14)17(24)16-7-6-15(25-16)9-18-13(3)23/h6-7,14H,4-5,8-10H2,1-3H3,(H,18,23)/t14-/m1/s1. The van der Waals surface area contributed by atoms with Gasteiger partial charge in [0.2, 0.25) is 5.91 Å². The van der Waals surface area contributed by atoms with Gasteiger partial charge in [0.1, 0.15) is 17.4 Å². The van der Waals surface area contributed by atoms with E-state index in [4.69, 9.17) is 4.42 Å². The van der Waals surface area contributed by atoms with Gasteiger partial charge in [-0.05, 0) is 38.8 Å². The molecular formula is C17H23N5O3. The van der Waals surface area contributed by atoms with E-state index < -0.39 is 0 Å². The molecule has 3 rings (SSSR count). The van der Waals surface area contributed by atoms with Crippen molar-refractivity contribution in [3.8, 4) is 0 Å². The highest BCUT2D eigenvalue weighted by Crippen LogP contribution is 2.24. The first-order valence-electron chi connectivity index (χ1n) is 8.46. The van der Waals surface area contributed by atoms with Gasteiger partial charge < -0.3 is 14.6 Å². The molecule has 1 N–H and O–H groups in total. The maximum Gasteiger partial charge on any atom is 0.289 e. The Morgan fingerprint density at radius 1 is 1.36 bits per heavy atom. The van der Waals surface area contributed by atoms with E-state index in [0.29, 0.717) is 24.6 Å². The number of nitrogens with zero attached hydrogens (tertiary/aromatic N) is 4. The molecule has 0 spiro atoms. The highest BCUT2D eigenvalue weighted by atomic mass is 16.4. The van der Waals surface area contributed by atoms with E-state index in [1.165, 1.54) is 6.92 Å². The lowest BCUT2D eigenvalue weighted by atomic mass is 10.1. The Morgan fingerprint density at radius 3 is 2.84 bits per heavy atom. The minimum absolute atomic E-state index is 0.131. The smallest absolute Gasteiger partial charge is 0.289 e. The van der Waals surface area contributed by atoms with Crippen LogP contribution in [0.15, 0.2) is 16.5 Å². The zero-order chi connectivity index (χ0) is 18.0. The van der Waals surface area contributed by atoms with E-state index in [9.17, 15) is 9.59 Å². The third-order valence-electron chi connectivity index (χ3n) is 4.32. The Balaban J connectivity index is 1.68. The SMILES string of the molecule is CC(=O)NCc1ccc(C(=O)N2CCC[C@@H](n3nc(C)nc3C)C2)o1. The molecule has 1 atom stereocenters. The zero-order valence-electron chi connectivity index (χ0n) is 14.8. The lowest BCUT2D eigenvalue weighted by molar-refractivity contribution is -0.119. The molecule has 8 nitrogen and oxygen atoms in total. The molecule has 2 amide bonds. The third kappa shape index (κ3) is 3.89. The van der Waals surface area contributed by atoms with Crippen LogP contribution in [0.4, 0.5) is 0 Å². The highest BCUT2D eigenvalue weighted by Gasteiger charge is 2.28. The average molecular weight is 345 g/mol. The maximum atomic E-state index is 12.7. The quantitative estimate of drug-likeness (QED) is 0.908. The minimum atomic E-state index is -0.137. The fourth-order valence-electron chi connectivity index (χ4n) is 3.18. The summed E-state index contributed by atoms with van der Waals surface area (Å²) >= 11 is 0. The second-order valence-corrected chi connectivity index (χ2v) is 6.37. The molecule has 0 unspecified atom stereocenters. The lowest BCUT2D eigenvalue weighted by Crippen LogP contribution is -2.41. The van der Waals surface area contributed by atoms with Crippen molar-refractivity contribution >= 4 is 11.8 Å². The fourth-order valence-corrected chi connectivity index (χ4v) is 3.18. The van der Waals surface area contributed by atoms with Gasteiger partial charge in [0, 0.05) is 20.0 Å². The average Bonchev–Trinajstić information content (AvgIpc) is 3.18. The molecule has 0 bridgehead atoms. The number of likely N-dealkylation sites (tertiary alicyclic amines) is 1. The Bertz CT molecular complexity index is 779. The van der Waals surface area contributed by atoms with Crippen molar-refractivity contribution in [1.82, 2.24) is 25.0 Å². The van der Waals surface area contributed by atoms with Crippen molar-refractivity contribution in [2.24, 2.45) is 0 Å². The number of carbonyl (C=O) groups is 2. The normalized spacial score (nSPS) is 17.6. The van der Waals surface area contributed by atoms with Crippen molar-refractivity contribution in [2.75, 3.05) is 13.1 Å². The van der Waals surface area contributed by atoms with Crippen LogP contribution in [0.25, 0.3) is 0 Å². The van der Waals surface area contributed by atoms with Crippen LogP contribution in [-0.2, 0) is 11.3 Å². The number of hydrogen-bond acceptors (Lipinski definition) is 5. The largest absolute Gasteiger partial charge is 0.454 e. The van der Waals surface area contributed by atoms with Crippen molar-refractivity contribution in [2.45, 2.75) is 46.2 Å². The van der Waals surface area contributed by atoms with Gasteiger partial charge in [-0.3, -0.25) is 9.59 Å². The Hall–Kier alpha value is -2.64. The van der Waals surface area contributed by atoms with E-state index in [1.54, 1.807) is 17.0 Å². The predicted octanol–water partition coefficient (Wildman–Crippen LogP) is 1.60. The number of amides is 2. The van der Waals surface area contributed by atoms with Gasteiger partial charge in [0.25, 0.3) is 5.91 Å². The Kier molecular flexibility index (Phi) is 4.87. The first kappa shape index (κ1) is 17.2. The molecule has 3 heterocycles. The van der Waals surface area contributed by atoms with Crippen LogP contribution in [0, 0.1) is 13.8 Å². The van der Waals surface area contributed by atoms with E-state index in [-0.39, 0.29) is 24.4 Å². The van der Waals surface area contributed by atoms with Crippen molar-refractivity contribution in [3.05, 3.63) is 35.3 Å². The monoisotopic (exact) mass is 345 g/mol. The Morgan fingerprint density at radius 2 is 2.16 bits per heavy atom. The van der Waals surface area contributed by atoms with E-state index >= 15 is 0 Å². The van der Waals surface area contributed by atoms with E-state index in [2.05, 4.69) is 15.4 Å². The molecule has 1 fully saturated rings. The molecule has 0 aliphatic carbocycles. The van der Waals surface area contributed by atoms with Gasteiger partial charge in [-0.1, -0.05) is 0 Å². The molecule has 2 aromatic heterocycles. The molecule has 25 heavy (non-hydrogen) atoms. The second kappa shape index (κ2) is 7.08. The summed E-state index contributed by atoms with van der Waals surface area (Å²) in [6, 6.07) is 3.51. The molecular weight excluding hydrogens is 322 g/mol. The summed E-state index contributed by atoms with van der Waals surface area (Å²) in [6.45, 7) is 6.81. The first-order valence-corrected chi connectivity index (χ1v) is 8.46. The summed E-state index contributed by atoms with van der Waals surface area (Å²) in [7, 11) is 0. The predicted molar refractivity (Wildman–Crippen MR) is 89.9 cm³/mol. The third-order valence-corrected chi connectivity index (χ3v) is 4.32. The molecule has 8 heteroatoms. The van der Waals surface area contributed by atoms with Gasteiger partial charge >= 0.3 is 0 Å². The van der Waals surface area contributed by atoms with Crippen molar-refractivity contribution < 1.29 is 14.0 Å². The van der Waals surface area contributed by atoms with Crippen molar-refractivity contribution in [3.63, 3.8) is 0 Å². The number of carbonyl (C=O) groups excluding carboxylic acids is 2. The molecule has 134 valence electrons. The maximum absolute atomic E-state index is 12.7. The summed E-state index contributed by atoms with van der Waals surface area (Å²) in [5.74, 6) is 2.21. The van der Waals surface area contributed by atoms with Crippen LogP contribution in [0.2, 0.25) is 0 Å². The van der Waals surface area contributed by atoms with Crippen LogP contribution in [0.5, 0.6) is 0 Å². The number of hydrogen-bond donors (Lipinski definition) is 1. The highest BCUT2D eigenvalue weighted by molar-refractivity contribution is 5.91. The van der Waals surface area contributed by atoms with Crippen LogP contribution >= 0.6 is 0 Å². The number of furan rings is 1. The van der Waals surface area contributed by atoms with Crippen molar-refractivity contribution in [1.29, 1.82) is 0 Å². The minimum Gasteiger partial charge on any atom is -0.454 e. The van der Waals surface area contributed by atoms with Gasteiger partial charge in [0.05, 0.1) is 12.6 Å². The summed E-state index contributed by atoms with van der Waals surface area (Å²) < 4.78 is 7.49. The zero-order valence-corrected chi connectivity index (χ0v) is 14.8. The van der Waals surface area contributed by atoms with Crippen LogP contribution in [-0.4, -0.2) is 44.6 Å². The summed E-state index contributed by atoms with van der Waals surface area (Å²) in [4.78, 5) is 29.8. The molecule has 0 radical (unpaired) electrons. The van der Waals surface area contributed by atoms with E-state index in [0.717, 1.165) is 24.5 Å². The van der Waals surface area contributed by atoms with Gasteiger partial charge in [-0.2, -0.15) is 5.10 Å². The molecule has 0 saturated carbocycles. The first-order chi connectivity index (χ1) is 11.9. The molecule has 1 aliphatic rings. The van der Waals surface area contributed by atoms with Crippen LogP contribution < -0.4 is 5.32 Å². The van der Waals surface area contributed by atoms with Crippen LogP contribution in [0.1, 0.15) is 53.8 Å². The van der Waals surface area contributed by atoms with Crippen LogP contribution in [0.3, 0.4) is 0 Å².